The minimum Gasteiger partial charge on any atom is -0.478 e. The molecule has 0 bridgehead atoms. The number of rotatable bonds is 8. The average molecular weight is 595 g/mol. The van der Waals surface area contributed by atoms with Crippen molar-refractivity contribution in [3.63, 3.8) is 0 Å². The lowest BCUT2D eigenvalue weighted by atomic mass is 9.87. The second-order valence-electron chi connectivity index (χ2n) is 11.5. The molecule has 8 nitrogen and oxygen atoms in total. The first-order valence-corrected chi connectivity index (χ1v) is 14.0. The molecule has 0 saturated carbocycles. The summed E-state index contributed by atoms with van der Waals surface area (Å²) in [5.41, 5.74) is 4.03. The van der Waals surface area contributed by atoms with Gasteiger partial charge in [0.05, 0.1) is 53.2 Å². The number of fused-ring (bicyclic) bond motifs is 1. The van der Waals surface area contributed by atoms with Crippen LogP contribution in [0.25, 0.3) is 22.3 Å². The summed E-state index contributed by atoms with van der Waals surface area (Å²) in [5.74, 6) is -1.75. The van der Waals surface area contributed by atoms with Crippen molar-refractivity contribution < 1.29 is 28.2 Å². The molecular formula is C34H28F2N4O4. The lowest BCUT2D eigenvalue weighted by Gasteiger charge is -2.28. The fourth-order valence-electron chi connectivity index (χ4n) is 5.47. The van der Waals surface area contributed by atoms with Crippen LogP contribution in [-0.4, -0.2) is 38.8 Å². The molecule has 2 aromatic heterocycles. The van der Waals surface area contributed by atoms with E-state index in [-0.39, 0.29) is 40.6 Å². The van der Waals surface area contributed by atoms with Crippen LogP contribution in [0.3, 0.4) is 0 Å². The number of carboxylic acid groups (broad SMARTS) is 1. The van der Waals surface area contributed by atoms with Gasteiger partial charge in [0.15, 0.2) is 5.82 Å². The Bertz CT molecular complexity index is 1930. The molecule has 1 atom stereocenters. The predicted octanol–water partition coefficient (Wildman–Crippen LogP) is 6.71. The second-order valence-corrected chi connectivity index (χ2v) is 11.5. The zero-order chi connectivity index (χ0) is 31.0. The topological polar surface area (TPSA) is 110 Å². The third kappa shape index (κ3) is 5.62. The van der Waals surface area contributed by atoms with Crippen LogP contribution in [0, 0.1) is 28.4 Å². The van der Waals surface area contributed by atoms with E-state index in [2.05, 4.69) is 23.4 Å². The van der Waals surface area contributed by atoms with E-state index >= 15 is 0 Å². The summed E-state index contributed by atoms with van der Waals surface area (Å²) >= 11 is 0. The summed E-state index contributed by atoms with van der Waals surface area (Å²) in [5, 5.41) is 18.5. The molecule has 3 heterocycles. The molecule has 222 valence electrons. The smallest absolute Gasteiger partial charge is 0.335 e. The quantitative estimate of drug-likeness (QED) is 0.213. The monoisotopic (exact) mass is 594 g/mol. The van der Waals surface area contributed by atoms with Gasteiger partial charge in [0.25, 0.3) is 5.88 Å². The summed E-state index contributed by atoms with van der Waals surface area (Å²) in [6.45, 7) is 5.10. The van der Waals surface area contributed by atoms with E-state index in [0.717, 1.165) is 28.5 Å². The molecule has 1 saturated heterocycles. The van der Waals surface area contributed by atoms with Gasteiger partial charge in [-0.25, -0.2) is 23.5 Å². The standard InChI is InChI=1S/C34H28F2N4O4/c1-34(2)19-43-18-30(34)40-29-15-23(33(41)42)9-11-28(29)38-31(40)14-20-3-6-22(7-4-20)27-12-10-25(35)32(39-27)44-17-24-8-5-21(16-37)13-26(24)36/h3-13,15,30H,14,17-19H2,1-2H3,(H,41,42). The molecule has 1 unspecified atom stereocenters. The van der Waals surface area contributed by atoms with Crippen molar-refractivity contribution in [1.82, 2.24) is 14.5 Å². The molecule has 0 aliphatic carbocycles. The lowest BCUT2D eigenvalue weighted by molar-refractivity contribution is 0.0697. The first kappa shape index (κ1) is 29.0. The number of carboxylic acids is 1. The van der Waals surface area contributed by atoms with Crippen molar-refractivity contribution in [3.05, 3.63) is 113 Å². The Morgan fingerprint density at radius 1 is 1.07 bits per heavy atom. The summed E-state index contributed by atoms with van der Waals surface area (Å²) in [6.07, 6.45) is 0.491. The minimum atomic E-state index is -0.997. The number of benzene rings is 3. The molecule has 5 aromatic rings. The number of hydrogen-bond acceptors (Lipinski definition) is 6. The van der Waals surface area contributed by atoms with Crippen LogP contribution in [0.5, 0.6) is 5.88 Å². The maximum atomic E-state index is 14.5. The molecule has 10 heteroatoms. The maximum absolute atomic E-state index is 14.5. The van der Waals surface area contributed by atoms with E-state index in [1.54, 1.807) is 24.3 Å². The van der Waals surface area contributed by atoms with Gasteiger partial charge in [-0.05, 0) is 48.0 Å². The van der Waals surface area contributed by atoms with Crippen molar-refractivity contribution in [2.75, 3.05) is 13.2 Å². The fourth-order valence-corrected chi connectivity index (χ4v) is 5.47. The first-order chi connectivity index (χ1) is 21.1. The summed E-state index contributed by atoms with van der Waals surface area (Å²) in [7, 11) is 0. The zero-order valence-corrected chi connectivity index (χ0v) is 24.1. The summed E-state index contributed by atoms with van der Waals surface area (Å²) < 4.78 is 42.2. The Morgan fingerprint density at radius 3 is 2.55 bits per heavy atom. The van der Waals surface area contributed by atoms with Gasteiger partial charge >= 0.3 is 5.97 Å². The van der Waals surface area contributed by atoms with Crippen LogP contribution in [0.4, 0.5) is 8.78 Å². The van der Waals surface area contributed by atoms with Crippen molar-refractivity contribution in [2.45, 2.75) is 32.9 Å². The summed E-state index contributed by atoms with van der Waals surface area (Å²) in [4.78, 5) is 20.9. The molecule has 0 radical (unpaired) electrons. The van der Waals surface area contributed by atoms with E-state index in [9.17, 15) is 18.7 Å². The first-order valence-electron chi connectivity index (χ1n) is 14.0. The number of aromatic carboxylic acids is 1. The Labute approximate surface area is 252 Å². The van der Waals surface area contributed by atoms with Gasteiger partial charge in [-0.15, -0.1) is 0 Å². The largest absolute Gasteiger partial charge is 0.478 e. The number of pyridine rings is 1. The van der Waals surface area contributed by atoms with Crippen LogP contribution < -0.4 is 4.74 Å². The Balaban J connectivity index is 1.25. The molecular weight excluding hydrogens is 566 g/mol. The number of hydrogen-bond donors (Lipinski definition) is 1. The normalized spacial score (nSPS) is 15.8. The highest BCUT2D eigenvalue weighted by molar-refractivity contribution is 5.92. The van der Waals surface area contributed by atoms with Crippen molar-refractivity contribution in [3.8, 4) is 23.2 Å². The maximum Gasteiger partial charge on any atom is 0.335 e. The number of imidazole rings is 1. The van der Waals surface area contributed by atoms with Crippen LogP contribution in [0.1, 0.15) is 52.8 Å². The SMILES string of the molecule is CC1(C)COCC1n1c(Cc2ccc(-c3ccc(F)c(OCc4ccc(C#N)cc4F)n3)cc2)nc2ccc(C(=O)O)cc21. The van der Waals surface area contributed by atoms with E-state index < -0.39 is 17.6 Å². The Kier molecular flexibility index (Phi) is 7.57. The molecule has 1 N–H and O–H groups in total. The van der Waals surface area contributed by atoms with E-state index in [0.29, 0.717) is 30.8 Å². The van der Waals surface area contributed by atoms with Crippen LogP contribution in [-0.2, 0) is 17.8 Å². The summed E-state index contributed by atoms with van der Waals surface area (Å²) in [6, 6.07) is 21.2. The molecule has 6 rings (SSSR count). The number of nitriles is 1. The van der Waals surface area contributed by atoms with Crippen LogP contribution in [0.15, 0.2) is 72.8 Å². The second kappa shape index (κ2) is 11.5. The van der Waals surface area contributed by atoms with Gasteiger partial charge in [-0.3, -0.25) is 0 Å². The zero-order valence-electron chi connectivity index (χ0n) is 24.1. The highest BCUT2D eigenvalue weighted by Crippen LogP contribution is 2.40. The number of ether oxygens (including phenoxy) is 2. The number of halogens is 2. The van der Waals surface area contributed by atoms with Crippen LogP contribution in [0.2, 0.25) is 0 Å². The van der Waals surface area contributed by atoms with Gasteiger partial charge < -0.3 is 19.1 Å². The Morgan fingerprint density at radius 2 is 1.86 bits per heavy atom. The van der Waals surface area contributed by atoms with Gasteiger partial charge in [0, 0.05) is 23.0 Å². The number of carbonyl (C=O) groups is 1. The minimum absolute atomic E-state index is 0.0228. The van der Waals surface area contributed by atoms with Crippen molar-refractivity contribution in [1.29, 1.82) is 5.26 Å². The highest BCUT2D eigenvalue weighted by Gasteiger charge is 2.39. The molecule has 44 heavy (non-hydrogen) atoms. The van der Waals surface area contributed by atoms with Gasteiger partial charge in [-0.1, -0.05) is 44.2 Å². The molecule has 0 spiro atoms. The van der Waals surface area contributed by atoms with Gasteiger partial charge in [0.2, 0.25) is 0 Å². The van der Waals surface area contributed by atoms with Gasteiger partial charge in [-0.2, -0.15) is 5.26 Å². The van der Waals surface area contributed by atoms with E-state index in [1.165, 1.54) is 18.2 Å². The lowest BCUT2D eigenvalue weighted by Crippen LogP contribution is -2.27. The molecule has 0 amide bonds. The predicted molar refractivity (Wildman–Crippen MR) is 158 cm³/mol. The molecule has 1 aliphatic heterocycles. The van der Waals surface area contributed by atoms with Crippen LogP contribution >= 0.6 is 0 Å². The molecule has 3 aromatic carbocycles. The number of aromatic nitrogens is 3. The van der Waals surface area contributed by atoms with E-state index in [1.807, 2.05) is 30.3 Å². The highest BCUT2D eigenvalue weighted by atomic mass is 19.1. The average Bonchev–Trinajstić information content (AvgIpc) is 3.54. The fraction of sp³-hybridized carbons (Fsp3) is 0.235. The third-order valence-corrected chi connectivity index (χ3v) is 7.95. The Hall–Kier alpha value is -5.14. The molecule has 1 aliphatic rings. The third-order valence-electron chi connectivity index (χ3n) is 7.95. The van der Waals surface area contributed by atoms with Crippen molar-refractivity contribution >= 4 is 17.0 Å². The number of nitrogens with zero attached hydrogens (tertiary/aromatic N) is 4. The van der Waals surface area contributed by atoms with Gasteiger partial charge in [0.1, 0.15) is 18.2 Å². The van der Waals surface area contributed by atoms with Crippen molar-refractivity contribution in [2.24, 2.45) is 5.41 Å². The van der Waals surface area contributed by atoms with E-state index in [4.69, 9.17) is 19.7 Å². The molecule has 1 fully saturated rings.